The number of carbonyl (C=O) groups is 1. The summed E-state index contributed by atoms with van der Waals surface area (Å²) in [5.41, 5.74) is 10.6. The molecule has 0 spiro atoms. The highest BCUT2D eigenvalue weighted by atomic mass is 19.1. The minimum Gasteiger partial charge on any atom is -0.391 e. The quantitative estimate of drug-likeness (QED) is 0.466. The molecule has 2 unspecified atom stereocenters. The molecule has 0 bridgehead atoms. The molecule has 0 aliphatic carbocycles. The highest BCUT2D eigenvalue weighted by Crippen LogP contribution is 2.35. The Labute approximate surface area is 138 Å². The van der Waals surface area contributed by atoms with Crippen LogP contribution in [0.1, 0.15) is 24.0 Å². The molecule has 24 heavy (non-hydrogen) atoms. The van der Waals surface area contributed by atoms with Crippen LogP contribution in [0.4, 0.5) is 15.8 Å². The predicted molar refractivity (Wildman–Crippen MR) is 86.0 cm³/mol. The van der Waals surface area contributed by atoms with Crippen LogP contribution in [0.3, 0.4) is 0 Å². The lowest BCUT2D eigenvalue weighted by atomic mass is 9.87. The van der Waals surface area contributed by atoms with Gasteiger partial charge in [0.25, 0.3) is 5.69 Å². The maximum absolute atomic E-state index is 14.3. The van der Waals surface area contributed by atoms with Gasteiger partial charge in [0.2, 0.25) is 5.91 Å². The maximum Gasteiger partial charge on any atom is 0.295 e. The first-order valence-corrected chi connectivity index (χ1v) is 7.59. The molecule has 2 rings (SSSR count). The number of anilines is 1. The van der Waals surface area contributed by atoms with E-state index in [-0.39, 0.29) is 5.56 Å². The standard InChI is InChI=1S/C15H21FN4O4/c1-8-10(7-11(20(22)23)13(17)12(8)16)9(2)14(15(18)21)19-3-5-24-6-4-19/h7,9,14H,3-6,17H2,1-2H3,(H2,18,21). The molecule has 1 heterocycles. The van der Waals surface area contributed by atoms with E-state index in [0.29, 0.717) is 31.9 Å². The molecule has 0 aromatic heterocycles. The van der Waals surface area contributed by atoms with Crippen LogP contribution in [0.5, 0.6) is 0 Å². The number of nitrogens with two attached hydrogens (primary N) is 2. The van der Waals surface area contributed by atoms with Crippen molar-refractivity contribution in [3.63, 3.8) is 0 Å². The van der Waals surface area contributed by atoms with Crippen LogP contribution in [-0.4, -0.2) is 48.1 Å². The molecule has 1 saturated heterocycles. The summed E-state index contributed by atoms with van der Waals surface area (Å²) in [6.45, 7) is 5.13. The zero-order valence-corrected chi connectivity index (χ0v) is 13.6. The third-order valence-corrected chi connectivity index (χ3v) is 4.46. The summed E-state index contributed by atoms with van der Waals surface area (Å²) in [6, 6.07) is 0.518. The topological polar surface area (TPSA) is 125 Å². The van der Waals surface area contributed by atoms with Gasteiger partial charge in [0.05, 0.1) is 24.2 Å². The van der Waals surface area contributed by atoms with Crippen LogP contribution in [0.15, 0.2) is 6.07 Å². The minimum atomic E-state index is -0.837. The fraction of sp³-hybridized carbons (Fsp3) is 0.533. The summed E-state index contributed by atoms with van der Waals surface area (Å²) < 4.78 is 19.6. The number of amides is 1. The highest BCUT2D eigenvalue weighted by Gasteiger charge is 2.34. The minimum absolute atomic E-state index is 0.185. The third kappa shape index (κ3) is 3.31. The van der Waals surface area contributed by atoms with Crippen molar-refractivity contribution in [2.45, 2.75) is 25.8 Å². The molecule has 2 atom stereocenters. The Hall–Kier alpha value is -2.26. The molecule has 1 amide bonds. The first kappa shape index (κ1) is 18.1. The van der Waals surface area contributed by atoms with Gasteiger partial charge in [-0.1, -0.05) is 6.92 Å². The van der Waals surface area contributed by atoms with Crippen LogP contribution in [0.2, 0.25) is 0 Å². The van der Waals surface area contributed by atoms with Crippen molar-refractivity contribution in [3.05, 3.63) is 33.1 Å². The number of nitrogen functional groups attached to an aromatic ring is 1. The van der Waals surface area contributed by atoms with E-state index in [4.69, 9.17) is 16.2 Å². The van der Waals surface area contributed by atoms with E-state index in [1.807, 2.05) is 4.90 Å². The van der Waals surface area contributed by atoms with E-state index in [0.717, 1.165) is 0 Å². The second kappa shape index (κ2) is 7.10. The van der Waals surface area contributed by atoms with Crippen molar-refractivity contribution >= 4 is 17.3 Å². The first-order chi connectivity index (χ1) is 11.3. The first-order valence-electron chi connectivity index (χ1n) is 7.59. The summed E-state index contributed by atoms with van der Waals surface area (Å²) >= 11 is 0. The van der Waals surface area contributed by atoms with E-state index < -0.39 is 40.0 Å². The SMILES string of the molecule is Cc1c(C(C)C(C(N)=O)N2CCOCC2)cc([N+](=O)[O-])c(N)c1F. The molecule has 1 aromatic carbocycles. The van der Waals surface area contributed by atoms with Crippen molar-refractivity contribution in [3.8, 4) is 0 Å². The van der Waals surface area contributed by atoms with Gasteiger partial charge in [-0.25, -0.2) is 4.39 Å². The van der Waals surface area contributed by atoms with Crippen LogP contribution >= 0.6 is 0 Å². The average molecular weight is 340 g/mol. The molecule has 1 aromatic rings. The Morgan fingerprint density at radius 2 is 2.04 bits per heavy atom. The molecule has 8 nitrogen and oxygen atoms in total. The average Bonchev–Trinajstić information content (AvgIpc) is 2.53. The highest BCUT2D eigenvalue weighted by molar-refractivity contribution is 5.81. The van der Waals surface area contributed by atoms with Crippen molar-refractivity contribution in [2.75, 3.05) is 32.0 Å². The predicted octanol–water partition coefficient (Wildman–Crippen LogP) is 0.914. The number of nitrogens with zero attached hydrogens (tertiary/aromatic N) is 2. The fourth-order valence-corrected chi connectivity index (χ4v) is 3.17. The molecule has 0 radical (unpaired) electrons. The monoisotopic (exact) mass is 340 g/mol. The van der Waals surface area contributed by atoms with Gasteiger partial charge in [0, 0.05) is 25.1 Å². The largest absolute Gasteiger partial charge is 0.391 e. The van der Waals surface area contributed by atoms with E-state index in [1.54, 1.807) is 6.92 Å². The second-order valence-corrected chi connectivity index (χ2v) is 5.88. The fourth-order valence-electron chi connectivity index (χ4n) is 3.17. The number of carbonyl (C=O) groups excluding carboxylic acids is 1. The van der Waals surface area contributed by atoms with Gasteiger partial charge in [-0.2, -0.15) is 0 Å². The lowest BCUT2D eigenvalue weighted by Crippen LogP contribution is -2.52. The number of nitro groups is 1. The van der Waals surface area contributed by atoms with Gasteiger partial charge >= 0.3 is 0 Å². The molecular weight excluding hydrogens is 319 g/mol. The van der Waals surface area contributed by atoms with Crippen LogP contribution in [0, 0.1) is 22.9 Å². The molecule has 4 N–H and O–H groups in total. The number of hydrogen-bond donors (Lipinski definition) is 2. The summed E-state index contributed by atoms with van der Waals surface area (Å²) in [7, 11) is 0. The van der Waals surface area contributed by atoms with Crippen LogP contribution in [-0.2, 0) is 9.53 Å². The van der Waals surface area contributed by atoms with Gasteiger partial charge in [-0.05, 0) is 18.1 Å². The normalized spacial score (nSPS) is 18.1. The Kier molecular flexibility index (Phi) is 5.35. The lowest BCUT2D eigenvalue weighted by molar-refractivity contribution is -0.384. The Bertz CT molecular complexity index is 661. The molecular formula is C15H21FN4O4. The van der Waals surface area contributed by atoms with Crippen molar-refractivity contribution in [1.82, 2.24) is 4.90 Å². The van der Waals surface area contributed by atoms with Gasteiger partial charge < -0.3 is 16.2 Å². The smallest absolute Gasteiger partial charge is 0.295 e. The van der Waals surface area contributed by atoms with Crippen molar-refractivity contribution in [1.29, 1.82) is 0 Å². The second-order valence-electron chi connectivity index (χ2n) is 5.88. The van der Waals surface area contributed by atoms with Crippen molar-refractivity contribution in [2.24, 2.45) is 5.73 Å². The summed E-state index contributed by atoms with van der Waals surface area (Å²) in [4.78, 5) is 24.2. The molecule has 0 saturated carbocycles. The Balaban J connectivity index is 2.47. The van der Waals surface area contributed by atoms with E-state index in [2.05, 4.69) is 0 Å². The van der Waals surface area contributed by atoms with Gasteiger partial charge in [-0.15, -0.1) is 0 Å². The number of morpholine rings is 1. The number of halogens is 1. The van der Waals surface area contributed by atoms with Crippen LogP contribution < -0.4 is 11.5 Å². The van der Waals surface area contributed by atoms with E-state index in [9.17, 15) is 19.3 Å². The zero-order chi connectivity index (χ0) is 18.0. The third-order valence-electron chi connectivity index (χ3n) is 4.46. The lowest BCUT2D eigenvalue weighted by Gasteiger charge is -2.36. The van der Waals surface area contributed by atoms with Gasteiger partial charge in [-0.3, -0.25) is 19.8 Å². The number of nitro benzene ring substituents is 1. The number of benzene rings is 1. The van der Waals surface area contributed by atoms with Gasteiger partial charge in [0.15, 0.2) is 5.82 Å². The molecule has 1 fully saturated rings. The van der Waals surface area contributed by atoms with E-state index in [1.165, 1.54) is 13.0 Å². The molecule has 1 aliphatic rings. The Morgan fingerprint density at radius 1 is 1.46 bits per heavy atom. The summed E-state index contributed by atoms with van der Waals surface area (Å²) in [5, 5.41) is 11.1. The number of ether oxygens (including phenoxy) is 1. The van der Waals surface area contributed by atoms with Gasteiger partial charge in [0.1, 0.15) is 5.69 Å². The molecule has 1 aliphatic heterocycles. The maximum atomic E-state index is 14.3. The summed E-state index contributed by atoms with van der Waals surface area (Å²) in [5.74, 6) is -1.94. The molecule has 9 heteroatoms. The van der Waals surface area contributed by atoms with Crippen molar-refractivity contribution < 1.29 is 18.8 Å². The number of hydrogen-bond acceptors (Lipinski definition) is 6. The number of rotatable bonds is 5. The van der Waals surface area contributed by atoms with E-state index >= 15 is 0 Å². The molecule has 132 valence electrons. The zero-order valence-electron chi connectivity index (χ0n) is 13.6. The summed E-state index contributed by atoms with van der Waals surface area (Å²) in [6.07, 6.45) is 0. The Morgan fingerprint density at radius 3 is 2.54 bits per heavy atom. The number of primary amides is 1. The van der Waals surface area contributed by atoms with Crippen LogP contribution in [0.25, 0.3) is 0 Å².